The van der Waals surface area contributed by atoms with Gasteiger partial charge in [0.2, 0.25) is 11.8 Å². The number of benzene rings is 1. The van der Waals surface area contributed by atoms with Crippen molar-refractivity contribution in [1.82, 2.24) is 10.2 Å². The van der Waals surface area contributed by atoms with Crippen LogP contribution in [-0.2, 0) is 15.0 Å². The van der Waals surface area contributed by atoms with Crippen LogP contribution in [0.4, 0.5) is 0 Å². The van der Waals surface area contributed by atoms with Crippen molar-refractivity contribution in [3.63, 3.8) is 0 Å². The second-order valence-electron chi connectivity index (χ2n) is 7.75. The van der Waals surface area contributed by atoms with Crippen LogP contribution in [0.3, 0.4) is 0 Å². The van der Waals surface area contributed by atoms with Crippen molar-refractivity contribution < 1.29 is 9.59 Å². The standard InChI is InChI=1S/C20H27ClN2O2/c1-14(2)18(24)22-12-15-5-4-10-23(13-15)19(25)20(8-9-20)16-6-3-7-17(21)11-16/h3,6-7,11,14-15H,4-5,8-10,12-13H2,1-2H3,(H,22,24). The Morgan fingerprint density at radius 2 is 2.12 bits per heavy atom. The highest BCUT2D eigenvalue weighted by Gasteiger charge is 2.53. The van der Waals surface area contributed by atoms with Gasteiger partial charge in [0.25, 0.3) is 0 Å². The Balaban J connectivity index is 1.63. The molecular weight excluding hydrogens is 336 g/mol. The van der Waals surface area contributed by atoms with Crippen molar-refractivity contribution in [2.45, 2.75) is 44.9 Å². The number of likely N-dealkylation sites (tertiary alicyclic amines) is 1. The molecule has 1 aliphatic heterocycles. The number of carbonyl (C=O) groups excluding carboxylic acids is 2. The molecule has 0 bridgehead atoms. The molecule has 1 N–H and O–H groups in total. The Kier molecular flexibility index (Phi) is 5.38. The molecule has 1 aromatic rings. The smallest absolute Gasteiger partial charge is 0.233 e. The zero-order valence-corrected chi connectivity index (χ0v) is 15.8. The van der Waals surface area contributed by atoms with Crippen LogP contribution in [0.25, 0.3) is 0 Å². The number of rotatable bonds is 5. The summed E-state index contributed by atoms with van der Waals surface area (Å²) in [5, 5.41) is 3.70. The Morgan fingerprint density at radius 1 is 1.36 bits per heavy atom. The first-order chi connectivity index (χ1) is 11.9. The van der Waals surface area contributed by atoms with Crippen LogP contribution in [0.15, 0.2) is 24.3 Å². The van der Waals surface area contributed by atoms with Gasteiger partial charge in [0, 0.05) is 30.6 Å². The van der Waals surface area contributed by atoms with Gasteiger partial charge >= 0.3 is 0 Å². The van der Waals surface area contributed by atoms with Crippen molar-refractivity contribution in [3.8, 4) is 0 Å². The van der Waals surface area contributed by atoms with Crippen LogP contribution in [0.1, 0.15) is 45.1 Å². The second kappa shape index (κ2) is 7.36. The number of piperidine rings is 1. The first-order valence-corrected chi connectivity index (χ1v) is 9.63. The topological polar surface area (TPSA) is 49.4 Å². The molecule has 1 aliphatic carbocycles. The van der Waals surface area contributed by atoms with E-state index in [0.717, 1.165) is 44.3 Å². The maximum atomic E-state index is 13.2. The van der Waals surface area contributed by atoms with Crippen LogP contribution < -0.4 is 5.32 Å². The minimum atomic E-state index is -0.367. The number of amides is 2. The second-order valence-corrected chi connectivity index (χ2v) is 8.19. The normalized spacial score (nSPS) is 21.9. The summed E-state index contributed by atoms with van der Waals surface area (Å²) in [4.78, 5) is 27.0. The number of hydrogen-bond acceptors (Lipinski definition) is 2. The van der Waals surface area contributed by atoms with E-state index in [0.29, 0.717) is 17.5 Å². The van der Waals surface area contributed by atoms with Crippen LogP contribution in [0, 0.1) is 11.8 Å². The van der Waals surface area contributed by atoms with E-state index in [4.69, 9.17) is 11.6 Å². The molecule has 4 nitrogen and oxygen atoms in total. The van der Waals surface area contributed by atoms with Gasteiger partial charge < -0.3 is 10.2 Å². The summed E-state index contributed by atoms with van der Waals surface area (Å²) in [5.41, 5.74) is 0.675. The summed E-state index contributed by atoms with van der Waals surface area (Å²) < 4.78 is 0. The highest BCUT2D eigenvalue weighted by molar-refractivity contribution is 6.30. The van der Waals surface area contributed by atoms with E-state index >= 15 is 0 Å². The molecule has 1 aromatic carbocycles. The van der Waals surface area contributed by atoms with Crippen LogP contribution in [-0.4, -0.2) is 36.3 Å². The van der Waals surface area contributed by atoms with E-state index in [1.807, 2.05) is 43.0 Å². The summed E-state index contributed by atoms with van der Waals surface area (Å²) in [7, 11) is 0. The van der Waals surface area contributed by atoms with Crippen molar-refractivity contribution in [2.75, 3.05) is 19.6 Å². The molecule has 2 amide bonds. The Labute approximate surface area is 154 Å². The van der Waals surface area contributed by atoms with Gasteiger partial charge in [-0.05, 0) is 49.3 Å². The number of halogens is 1. The van der Waals surface area contributed by atoms with Gasteiger partial charge in [-0.3, -0.25) is 9.59 Å². The molecule has 136 valence electrons. The highest BCUT2D eigenvalue weighted by atomic mass is 35.5. The van der Waals surface area contributed by atoms with E-state index in [1.54, 1.807) is 0 Å². The molecule has 0 aromatic heterocycles. The quantitative estimate of drug-likeness (QED) is 0.872. The van der Waals surface area contributed by atoms with Crippen LogP contribution >= 0.6 is 11.6 Å². The molecule has 1 saturated heterocycles. The fraction of sp³-hybridized carbons (Fsp3) is 0.600. The first kappa shape index (κ1) is 18.2. The predicted molar refractivity (Wildman–Crippen MR) is 99.5 cm³/mol. The van der Waals surface area contributed by atoms with Crippen molar-refractivity contribution >= 4 is 23.4 Å². The first-order valence-electron chi connectivity index (χ1n) is 9.25. The monoisotopic (exact) mass is 362 g/mol. The van der Waals surface area contributed by atoms with Gasteiger partial charge in [-0.25, -0.2) is 0 Å². The van der Waals surface area contributed by atoms with E-state index in [2.05, 4.69) is 5.32 Å². The molecule has 0 radical (unpaired) electrons. The Bertz CT molecular complexity index is 655. The van der Waals surface area contributed by atoms with E-state index in [-0.39, 0.29) is 23.1 Å². The summed E-state index contributed by atoms with van der Waals surface area (Å²) in [6.45, 7) is 6.00. The summed E-state index contributed by atoms with van der Waals surface area (Å²) >= 11 is 6.12. The van der Waals surface area contributed by atoms with Gasteiger partial charge in [-0.15, -0.1) is 0 Å². The SMILES string of the molecule is CC(C)C(=O)NCC1CCCN(C(=O)C2(c3cccc(Cl)c3)CC2)C1. The van der Waals surface area contributed by atoms with Crippen molar-refractivity contribution in [2.24, 2.45) is 11.8 Å². The summed E-state index contributed by atoms with van der Waals surface area (Å²) in [5.74, 6) is 0.658. The number of hydrogen-bond donors (Lipinski definition) is 1. The molecular formula is C20H27ClN2O2. The summed E-state index contributed by atoms with van der Waals surface area (Å²) in [6.07, 6.45) is 3.86. The highest BCUT2D eigenvalue weighted by Crippen LogP contribution is 2.50. The lowest BCUT2D eigenvalue weighted by molar-refractivity contribution is -0.135. The number of nitrogens with one attached hydrogen (secondary N) is 1. The van der Waals surface area contributed by atoms with Gasteiger partial charge in [-0.1, -0.05) is 37.6 Å². The van der Waals surface area contributed by atoms with Gasteiger partial charge in [0.1, 0.15) is 0 Å². The molecule has 1 atom stereocenters. The third-order valence-electron chi connectivity index (χ3n) is 5.43. The summed E-state index contributed by atoms with van der Waals surface area (Å²) in [6, 6.07) is 7.71. The van der Waals surface area contributed by atoms with E-state index in [9.17, 15) is 9.59 Å². The maximum absolute atomic E-state index is 13.2. The molecule has 1 heterocycles. The molecule has 3 rings (SSSR count). The molecule has 2 fully saturated rings. The van der Waals surface area contributed by atoms with Crippen molar-refractivity contribution in [1.29, 1.82) is 0 Å². The molecule has 0 spiro atoms. The third kappa shape index (κ3) is 4.00. The molecule has 1 unspecified atom stereocenters. The van der Waals surface area contributed by atoms with E-state index < -0.39 is 0 Å². The average Bonchev–Trinajstić information content (AvgIpc) is 3.41. The lowest BCUT2D eigenvalue weighted by Gasteiger charge is -2.35. The minimum Gasteiger partial charge on any atom is -0.356 e. The van der Waals surface area contributed by atoms with Crippen LogP contribution in [0.2, 0.25) is 5.02 Å². The van der Waals surface area contributed by atoms with E-state index in [1.165, 1.54) is 0 Å². The fourth-order valence-corrected chi connectivity index (χ4v) is 3.90. The van der Waals surface area contributed by atoms with Gasteiger partial charge in [-0.2, -0.15) is 0 Å². The van der Waals surface area contributed by atoms with Gasteiger partial charge in [0.15, 0.2) is 0 Å². The largest absolute Gasteiger partial charge is 0.356 e. The molecule has 25 heavy (non-hydrogen) atoms. The lowest BCUT2D eigenvalue weighted by Crippen LogP contribution is -2.47. The van der Waals surface area contributed by atoms with Crippen molar-refractivity contribution in [3.05, 3.63) is 34.9 Å². The fourth-order valence-electron chi connectivity index (χ4n) is 3.71. The Morgan fingerprint density at radius 3 is 2.76 bits per heavy atom. The predicted octanol–water partition coefficient (Wildman–Crippen LogP) is 3.38. The minimum absolute atomic E-state index is 0.00103. The third-order valence-corrected chi connectivity index (χ3v) is 5.67. The van der Waals surface area contributed by atoms with Gasteiger partial charge in [0.05, 0.1) is 5.41 Å². The average molecular weight is 363 g/mol. The molecule has 5 heteroatoms. The lowest BCUT2D eigenvalue weighted by atomic mass is 9.91. The molecule has 2 aliphatic rings. The number of carbonyl (C=O) groups is 2. The Hall–Kier alpha value is -1.55. The number of nitrogens with zero attached hydrogens (tertiary/aromatic N) is 1. The zero-order valence-electron chi connectivity index (χ0n) is 15.1. The maximum Gasteiger partial charge on any atom is 0.233 e. The zero-order chi connectivity index (χ0) is 18.0. The van der Waals surface area contributed by atoms with Crippen LogP contribution in [0.5, 0.6) is 0 Å². The molecule has 1 saturated carbocycles.